The van der Waals surface area contributed by atoms with E-state index in [1.165, 1.54) is 54.6 Å². The summed E-state index contributed by atoms with van der Waals surface area (Å²) in [7, 11) is 0. The zero-order valence-electron chi connectivity index (χ0n) is 25.7. The van der Waals surface area contributed by atoms with Crippen molar-refractivity contribution in [3.63, 3.8) is 0 Å². The number of carboxylic acids is 2. The first-order valence-corrected chi connectivity index (χ1v) is 15.8. The van der Waals surface area contributed by atoms with E-state index >= 15 is 0 Å². The summed E-state index contributed by atoms with van der Waals surface area (Å²) in [4.78, 5) is 82.2. The minimum absolute atomic E-state index is 0.0291. The highest BCUT2D eigenvalue weighted by atomic mass is 16.5. The lowest BCUT2D eigenvalue weighted by Crippen LogP contribution is -2.45. The molecule has 6 atom stereocenters. The Morgan fingerprint density at radius 2 is 1.33 bits per heavy atom. The molecule has 246 valence electrons. The van der Waals surface area contributed by atoms with Crippen molar-refractivity contribution in [1.82, 2.24) is 0 Å². The lowest BCUT2D eigenvalue weighted by atomic mass is 9.56. The lowest BCUT2D eigenvalue weighted by molar-refractivity contribution is -0.126. The summed E-state index contributed by atoms with van der Waals surface area (Å²) in [5, 5.41) is 29.3. The fourth-order valence-corrected chi connectivity index (χ4v) is 8.48. The number of aromatic hydroxyl groups is 1. The Morgan fingerprint density at radius 3 is 1.96 bits per heavy atom. The van der Waals surface area contributed by atoms with Crippen LogP contribution in [0.5, 0.6) is 11.5 Å². The molecule has 1 saturated carbocycles. The Bertz CT molecular complexity index is 2100. The number of benzene rings is 3. The van der Waals surface area contributed by atoms with Crippen LogP contribution in [-0.4, -0.2) is 50.9 Å². The van der Waals surface area contributed by atoms with Crippen molar-refractivity contribution in [2.24, 2.45) is 35.5 Å². The molecule has 0 radical (unpaired) electrons. The summed E-state index contributed by atoms with van der Waals surface area (Å²) >= 11 is 0. The third-order valence-electron chi connectivity index (χ3n) is 10.5. The largest absolute Gasteiger partial charge is 0.508 e. The van der Waals surface area contributed by atoms with E-state index in [1.54, 1.807) is 18.4 Å². The molecule has 0 aromatic heterocycles. The second-order valence-electron chi connectivity index (χ2n) is 13.0. The van der Waals surface area contributed by atoms with Crippen LogP contribution in [0.25, 0.3) is 0 Å². The van der Waals surface area contributed by atoms with E-state index in [1.807, 2.05) is 6.08 Å². The Hall–Kier alpha value is -6.04. The van der Waals surface area contributed by atoms with Crippen molar-refractivity contribution in [3.8, 4) is 11.5 Å². The van der Waals surface area contributed by atoms with E-state index in [9.17, 15) is 44.1 Å². The molecule has 12 heteroatoms. The maximum absolute atomic E-state index is 14.4. The molecule has 3 heterocycles. The second kappa shape index (κ2) is 11.0. The van der Waals surface area contributed by atoms with Crippen molar-refractivity contribution in [3.05, 3.63) is 107 Å². The number of anilines is 2. The summed E-state index contributed by atoms with van der Waals surface area (Å²) in [6.45, 7) is 0. The average molecular weight is 661 g/mol. The molecule has 6 unspecified atom stereocenters. The van der Waals surface area contributed by atoms with Gasteiger partial charge >= 0.3 is 11.9 Å². The van der Waals surface area contributed by atoms with Gasteiger partial charge in [0.25, 0.3) is 0 Å². The molecule has 3 N–H and O–H groups in total. The van der Waals surface area contributed by atoms with Crippen LogP contribution in [0.15, 0.2) is 90.2 Å². The highest BCUT2D eigenvalue weighted by Gasteiger charge is 2.62. The summed E-state index contributed by atoms with van der Waals surface area (Å²) in [5.41, 5.74) is 2.17. The Balaban J connectivity index is 1.22. The number of fused-ring (bicyclic) bond motifs is 5. The van der Waals surface area contributed by atoms with Crippen LogP contribution in [0.2, 0.25) is 0 Å². The van der Waals surface area contributed by atoms with Gasteiger partial charge in [-0.05, 0) is 78.9 Å². The Morgan fingerprint density at radius 1 is 0.714 bits per heavy atom. The molecule has 3 aromatic carbocycles. The van der Waals surface area contributed by atoms with Crippen LogP contribution in [-0.2, 0) is 25.6 Å². The number of hydrogen-bond acceptors (Lipinski definition) is 8. The number of rotatable bonds is 5. The number of phenolic OH excluding ortho intramolecular Hbond substituents is 1. The number of phenols is 1. The second-order valence-corrected chi connectivity index (χ2v) is 13.0. The lowest BCUT2D eigenvalue weighted by Gasteiger charge is -2.45. The molecule has 0 spiro atoms. The number of amides is 4. The number of nitrogens with zero attached hydrogens (tertiary/aromatic N) is 2. The molecule has 3 fully saturated rings. The molecular formula is C37H28N2O10. The minimum atomic E-state index is -1.22. The van der Waals surface area contributed by atoms with Gasteiger partial charge in [-0.15, -0.1) is 0 Å². The van der Waals surface area contributed by atoms with E-state index in [-0.39, 0.29) is 47.5 Å². The van der Waals surface area contributed by atoms with Gasteiger partial charge < -0.3 is 20.1 Å². The summed E-state index contributed by atoms with van der Waals surface area (Å²) in [5.74, 6) is -8.58. The van der Waals surface area contributed by atoms with Crippen LogP contribution in [0.4, 0.5) is 11.4 Å². The fourth-order valence-electron chi connectivity index (χ4n) is 8.48. The number of ether oxygens (including phenoxy) is 1. The molecule has 5 aliphatic rings. The van der Waals surface area contributed by atoms with Gasteiger partial charge in [0.15, 0.2) is 0 Å². The van der Waals surface area contributed by atoms with E-state index in [4.69, 9.17) is 4.74 Å². The SMILES string of the molecule is O=C(O)c1cccc(N2C(=O)C3CC=C4C(CC5C(=O)N(c6cccc(C(=O)O)c6)C(=O)C5C4C4=COc5ccc(O)cc5C4)C3C2=O)c1. The molecule has 8 rings (SSSR count). The minimum Gasteiger partial charge on any atom is -0.508 e. The molecule has 49 heavy (non-hydrogen) atoms. The van der Waals surface area contributed by atoms with Gasteiger partial charge in [0.05, 0.1) is 52.4 Å². The van der Waals surface area contributed by atoms with Crippen molar-refractivity contribution in [2.45, 2.75) is 19.3 Å². The number of carbonyl (C=O) groups excluding carboxylic acids is 4. The van der Waals surface area contributed by atoms with Crippen molar-refractivity contribution < 1.29 is 48.8 Å². The highest BCUT2D eigenvalue weighted by Crippen LogP contribution is 2.58. The quantitative estimate of drug-likeness (QED) is 0.266. The number of carboxylic acid groups (broad SMARTS) is 2. The van der Waals surface area contributed by atoms with Crippen molar-refractivity contribution >= 4 is 46.9 Å². The van der Waals surface area contributed by atoms with Gasteiger partial charge in [-0.2, -0.15) is 0 Å². The van der Waals surface area contributed by atoms with Crippen LogP contribution >= 0.6 is 0 Å². The highest BCUT2D eigenvalue weighted by molar-refractivity contribution is 6.24. The first kappa shape index (κ1) is 30.3. The first-order chi connectivity index (χ1) is 23.5. The maximum Gasteiger partial charge on any atom is 0.335 e. The monoisotopic (exact) mass is 660 g/mol. The fraction of sp³-hybridized carbons (Fsp3) is 0.243. The van der Waals surface area contributed by atoms with Gasteiger partial charge in [-0.25, -0.2) is 9.59 Å². The van der Waals surface area contributed by atoms with Crippen LogP contribution < -0.4 is 14.5 Å². The van der Waals surface area contributed by atoms with Gasteiger partial charge in [0, 0.05) is 17.9 Å². The van der Waals surface area contributed by atoms with E-state index in [0.717, 1.165) is 15.4 Å². The maximum atomic E-state index is 14.4. The summed E-state index contributed by atoms with van der Waals surface area (Å²) in [6.07, 6.45) is 4.02. The summed E-state index contributed by atoms with van der Waals surface area (Å²) < 4.78 is 5.97. The predicted molar refractivity (Wildman–Crippen MR) is 171 cm³/mol. The van der Waals surface area contributed by atoms with Crippen LogP contribution in [0, 0.1) is 35.5 Å². The molecule has 3 aliphatic heterocycles. The van der Waals surface area contributed by atoms with Gasteiger partial charge in [-0.1, -0.05) is 23.8 Å². The predicted octanol–water partition coefficient (Wildman–Crippen LogP) is 4.19. The number of imide groups is 2. The molecule has 0 bridgehead atoms. The third kappa shape index (κ3) is 4.58. The molecule has 2 saturated heterocycles. The number of allylic oxidation sites excluding steroid dienone is 3. The average Bonchev–Trinajstić information content (AvgIpc) is 3.50. The number of hydrogen-bond donors (Lipinski definition) is 3. The molecule has 3 aromatic rings. The number of carbonyl (C=O) groups is 6. The molecule has 2 aliphatic carbocycles. The smallest absolute Gasteiger partial charge is 0.335 e. The molecule has 4 amide bonds. The normalized spacial score (nSPS) is 27.0. The van der Waals surface area contributed by atoms with Crippen molar-refractivity contribution in [1.29, 1.82) is 0 Å². The van der Waals surface area contributed by atoms with E-state index in [2.05, 4.69) is 0 Å². The third-order valence-corrected chi connectivity index (χ3v) is 10.5. The van der Waals surface area contributed by atoms with Crippen LogP contribution in [0.3, 0.4) is 0 Å². The van der Waals surface area contributed by atoms with Crippen molar-refractivity contribution in [2.75, 3.05) is 9.80 Å². The van der Waals surface area contributed by atoms with Crippen LogP contribution in [0.1, 0.15) is 39.1 Å². The summed E-state index contributed by atoms with van der Waals surface area (Å²) in [6, 6.07) is 15.9. The number of aromatic carboxylic acids is 2. The van der Waals surface area contributed by atoms with Gasteiger partial charge in [-0.3, -0.25) is 29.0 Å². The Labute approximate surface area is 278 Å². The molecule has 12 nitrogen and oxygen atoms in total. The van der Waals surface area contributed by atoms with Gasteiger partial charge in [0.2, 0.25) is 23.6 Å². The Kier molecular flexibility index (Phi) is 6.81. The zero-order chi connectivity index (χ0) is 34.3. The van der Waals surface area contributed by atoms with E-state index in [0.29, 0.717) is 16.9 Å². The first-order valence-electron chi connectivity index (χ1n) is 15.8. The standard InChI is InChI=1S/C37H28N2O10/c40-23-7-10-28-19(14-23)11-20(16-49-28)29-24-8-9-25-30(34(43)38(32(25)41)21-5-1-3-17(12-21)36(45)46)26(24)15-27-31(29)35(44)39(33(27)42)22-6-2-4-18(13-22)37(47)48/h1-8,10,12-14,16,25-27,29-31,40H,9,11,15H2,(H,45,46)(H,47,48). The zero-order valence-corrected chi connectivity index (χ0v) is 25.7. The van der Waals surface area contributed by atoms with E-state index < -0.39 is 71.1 Å². The molecular weight excluding hydrogens is 632 g/mol. The topological polar surface area (TPSA) is 179 Å². The van der Waals surface area contributed by atoms with Gasteiger partial charge in [0.1, 0.15) is 11.5 Å².